The lowest BCUT2D eigenvalue weighted by Gasteiger charge is -2.22. The summed E-state index contributed by atoms with van der Waals surface area (Å²) in [6.45, 7) is 6.90. The van der Waals surface area contributed by atoms with Crippen LogP contribution < -0.4 is 0 Å². The van der Waals surface area contributed by atoms with Crippen LogP contribution in [-0.2, 0) is 6.42 Å². The summed E-state index contributed by atoms with van der Waals surface area (Å²) in [5, 5.41) is 0. The van der Waals surface area contributed by atoms with Crippen molar-refractivity contribution in [1.82, 2.24) is 9.55 Å². The number of imidazole rings is 1. The molecule has 0 amide bonds. The first-order chi connectivity index (χ1) is 9.63. The molecule has 3 atom stereocenters. The second-order valence-corrected chi connectivity index (χ2v) is 6.64. The minimum absolute atomic E-state index is 0.579. The minimum Gasteiger partial charge on any atom is -0.325 e. The maximum Gasteiger partial charge on any atom is 0.111 e. The van der Waals surface area contributed by atoms with Crippen LogP contribution in [0.15, 0.2) is 18.2 Å². The van der Waals surface area contributed by atoms with Crippen LogP contribution in [0.5, 0.6) is 0 Å². The Labute approximate surface area is 126 Å². The first kappa shape index (κ1) is 13.9. The summed E-state index contributed by atoms with van der Waals surface area (Å²) in [6, 6.07) is 7.08. The molecule has 1 aromatic heterocycles. The van der Waals surface area contributed by atoms with E-state index in [1.165, 1.54) is 23.9 Å². The van der Waals surface area contributed by atoms with Crippen LogP contribution in [0.4, 0.5) is 0 Å². The van der Waals surface area contributed by atoms with Gasteiger partial charge in [-0.05, 0) is 43.2 Å². The highest BCUT2D eigenvalue weighted by Gasteiger charge is 2.33. The normalized spacial score (nSPS) is 26.5. The summed E-state index contributed by atoms with van der Waals surface area (Å²) in [5.74, 6) is 3.31. The molecule has 3 unspecified atom stereocenters. The Hall–Kier alpha value is -1.02. The molecule has 108 valence electrons. The molecule has 1 aliphatic rings. The van der Waals surface area contributed by atoms with Gasteiger partial charge in [-0.1, -0.05) is 26.0 Å². The molecule has 0 spiro atoms. The zero-order valence-electron chi connectivity index (χ0n) is 12.6. The van der Waals surface area contributed by atoms with Gasteiger partial charge in [-0.2, -0.15) is 0 Å². The van der Waals surface area contributed by atoms with E-state index < -0.39 is 0 Å². The number of rotatable bonds is 3. The van der Waals surface area contributed by atoms with E-state index in [-0.39, 0.29) is 0 Å². The first-order valence-corrected chi connectivity index (χ1v) is 8.19. The topological polar surface area (TPSA) is 17.8 Å². The summed E-state index contributed by atoms with van der Waals surface area (Å²) in [5.41, 5.74) is 3.70. The first-order valence-electron chi connectivity index (χ1n) is 7.66. The molecule has 0 radical (unpaired) electrons. The molecule has 0 saturated heterocycles. The number of halogens is 1. The molecule has 3 heteroatoms. The molecular weight excluding hydrogens is 268 g/mol. The highest BCUT2D eigenvalue weighted by Crippen LogP contribution is 2.42. The van der Waals surface area contributed by atoms with E-state index in [1.54, 1.807) is 0 Å². The lowest BCUT2D eigenvalue weighted by Crippen LogP contribution is -2.17. The number of para-hydroxylation sites is 1. The minimum atomic E-state index is 0.579. The van der Waals surface area contributed by atoms with E-state index >= 15 is 0 Å². The Bertz CT molecular complexity index is 617. The van der Waals surface area contributed by atoms with E-state index in [0.717, 1.165) is 23.7 Å². The average Bonchev–Trinajstić information content (AvgIpc) is 2.94. The van der Waals surface area contributed by atoms with Crippen LogP contribution in [0.3, 0.4) is 0 Å². The summed E-state index contributed by atoms with van der Waals surface area (Å²) < 4.78 is 2.48. The van der Waals surface area contributed by atoms with Gasteiger partial charge < -0.3 is 4.57 Å². The molecule has 2 nitrogen and oxygen atoms in total. The number of hydrogen-bond donors (Lipinski definition) is 0. The van der Waals surface area contributed by atoms with Gasteiger partial charge in [-0.25, -0.2) is 4.98 Å². The van der Waals surface area contributed by atoms with Crippen LogP contribution in [0, 0.1) is 18.8 Å². The highest BCUT2D eigenvalue weighted by atomic mass is 35.5. The SMILES string of the molecule is Cc1cccc2c1nc(CCCl)n2C1CCC(C)C1C. The number of aromatic nitrogens is 2. The Morgan fingerprint density at radius 2 is 2.10 bits per heavy atom. The summed E-state index contributed by atoms with van der Waals surface area (Å²) in [6.07, 6.45) is 3.43. The molecule has 3 rings (SSSR count). The van der Waals surface area contributed by atoms with Crippen molar-refractivity contribution in [2.45, 2.75) is 46.1 Å². The third kappa shape index (κ3) is 2.14. The van der Waals surface area contributed by atoms with Crippen molar-refractivity contribution in [3.05, 3.63) is 29.6 Å². The van der Waals surface area contributed by atoms with Gasteiger partial charge in [0.25, 0.3) is 0 Å². The third-order valence-corrected chi connectivity index (χ3v) is 5.26. The van der Waals surface area contributed by atoms with E-state index in [0.29, 0.717) is 17.8 Å². The smallest absolute Gasteiger partial charge is 0.111 e. The van der Waals surface area contributed by atoms with Gasteiger partial charge in [0.05, 0.1) is 11.0 Å². The molecule has 1 saturated carbocycles. The van der Waals surface area contributed by atoms with Gasteiger partial charge in [0, 0.05) is 18.3 Å². The lowest BCUT2D eigenvalue weighted by molar-refractivity contribution is 0.352. The fourth-order valence-corrected chi connectivity index (χ4v) is 3.81. The van der Waals surface area contributed by atoms with Crippen LogP contribution in [0.1, 0.15) is 44.1 Å². The predicted octanol–water partition coefficient (Wildman–Crippen LogP) is 4.73. The molecule has 0 aliphatic heterocycles. The van der Waals surface area contributed by atoms with Gasteiger partial charge in [-0.3, -0.25) is 0 Å². The molecule has 0 bridgehead atoms. The zero-order chi connectivity index (χ0) is 14.3. The standard InChI is InChI=1S/C17H23ClN2/c1-11-7-8-14(13(11)3)20-15-6-4-5-12(2)17(15)19-16(20)9-10-18/h4-6,11,13-14H,7-10H2,1-3H3. The van der Waals surface area contributed by atoms with Crippen molar-refractivity contribution in [3.63, 3.8) is 0 Å². The molecule has 1 heterocycles. The van der Waals surface area contributed by atoms with E-state index in [2.05, 4.69) is 43.5 Å². The van der Waals surface area contributed by atoms with Crippen molar-refractivity contribution in [2.75, 3.05) is 5.88 Å². The van der Waals surface area contributed by atoms with Crippen molar-refractivity contribution in [1.29, 1.82) is 0 Å². The molecule has 20 heavy (non-hydrogen) atoms. The number of aryl methyl sites for hydroxylation is 2. The van der Waals surface area contributed by atoms with Crippen molar-refractivity contribution in [2.24, 2.45) is 11.8 Å². The molecule has 1 aromatic carbocycles. The fraction of sp³-hybridized carbons (Fsp3) is 0.588. The van der Waals surface area contributed by atoms with Gasteiger partial charge in [0.2, 0.25) is 0 Å². The fourth-order valence-electron chi connectivity index (χ4n) is 3.64. The van der Waals surface area contributed by atoms with Gasteiger partial charge in [0.15, 0.2) is 0 Å². The molecular formula is C17H23ClN2. The Morgan fingerprint density at radius 1 is 1.30 bits per heavy atom. The zero-order valence-corrected chi connectivity index (χ0v) is 13.3. The maximum atomic E-state index is 5.99. The van der Waals surface area contributed by atoms with Gasteiger partial charge in [-0.15, -0.1) is 11.6 Å². The monoisotopic (exact) mass is 290 g/mol. The predicted molar refractivity (Wildman–Crippen MR) is 85.5 cm³/mol. The van der Waals surface area contributed by atoms with Crippen molar-refractivity contribution < 1.29 is 0 Å². The lowest BCUT2D eigenvalue weighted by atomic mass is 9.97. The highest BCUT2D eigenvalue weighted by molar-refractivity contribution is 6.17. The van der Waals surface area contributed by atoms with Crippen LogP contribution >= 0.6 is 11.6 Å². The molecule has 1 aliphatic carbocycles. The quantitative estimate of drug-likeness (QED) is 0.747. The van der Waals surface area contributed by atoms with Gasteiger partial charge >= 0.3 is 0 Å². The number of benzene rings is 1. The summed E-state index contributed by atoms with van der Waals surface area (Å²) in [7, 11) is 0. The Morgan fingerprint density at radius 3 is 2.75 bits per heavy atom. The Balaban J connectivity index is 2.17. The molecule has 2 aromatic rings. The number of hydrogen-bond acceptors (Lipinski definition) is 1. The van der Waals surface area contributed by atoms with E-state index in [1.807, 2.05) is 0 Å². The van der Waals surface area contributed by atoms with E-state index in [4.69, 9.17) is 16.6 Å². The number of nitrogens with zero attached hydrogens (tertiary/aromatic N) is 2. The van der Waals surface area contributed by atoms with Crippen LogP contribution in [0.25, 0.3) is 11.0 Å². The molecule has 1 fully saturated rings. The van der Waals surface area contributed by atoms with Crippen LogP contribution in [0.2, 0.25) is 0 Å². The molecule has 0 N–H and O–H groups in total. The van der Waals surface area contributed by atoms with E-state index in [9.17, 15) is 0 Å². The number of fused-ring (bicyclic) bond motifs is 1. The number of alkyl halides is 1. The van der Waals surface area contributed by atoms with Crippen molar-refractivity contribution in [3.8, 4) is 0 Å². The summed E-state index contributed by atoms with van der Waals surface area (Å²) in [4.78, 5) is 4.88. The average molecular weight is 291 g/mol. The largest absolute Gasteiger partial charge is 0.325 e. The second kappa shape index (κ2) is 5.40. The summed E-state index contributed by atoms with van der Waals surface area (Å²) >= 11 is 5.99. The Kier molecular flexibility index (Phi) is 3.76. The van der Waals surface area contributed by atoms with Gasteiger partial charge in [0.1, 0.15) is 5.82 Å². The van der Waals surface area contributed by atoms with Crippen molar-refractivity contribution >= 4 is 22.6 Å². The maximum absolute atomic E-state index is 5.99. The second-order valence-electron chi connectivity index (χ2n) is 6.26. The van der Waals surface area contributed by atoms with Crippen LogP contribution in [-0.4, -0.2) is 15.4 Å². The third-order valence-electron chi connectivity index (χ3n) is 5.07.